The average molecular weight is 421 g/mol. The van der Waals surface area contributed by atoms with Crippen molar-refractivity contribution in [2.75, 3.05) is 20.3 Å². The van der Waals surface area contributed by atoms with Crippen LogP contribution in [0.2, 0.25) is 0 Å². The molecule has 162 valence electrons. The van der Waals surface area contributed by atoms with E-state index in [2.05, 4.69) is 0 Å². The molecule has 0 saturated heterocycles. The average Bonchev–Trinajstić information content (AvgIpc) is 2.82. The summed E-state index contributed by atoms with van der Waals surface area (Å²) in [6.45, 7) is 2.17. The Kier molecular flexibility index (Phi) is 7.95. The highest BCUT2D eigenvalue weighted by Crippen LogP contribution is 2.37. The largest absolute Gasteiger partial charge is 0.452 e. The predicted molar refractivity (Wildman–Crippen MR) is 118 cm³/mol. The van der Waals surface area contributed by atoms with E-state index >= 15 is 0 Å². The van der Waals surface area contributed by atoms with Crippen LogP contribution in [0, 0.1) is 0 Å². The van der Waals surface area contributed by atoms with Gasteiger partial charge in [0.2, 0.25) is 0 Å². The standard InChI is InChI=1S/C26H28O5/c1-26(28,22-16-10-5-11-17-22)25(27)31-24(21-14-8-4-9-15-21)23(30-19-18-29-2)20-12-6-3-7-13-20/h3-17,23-24,28H,18-19H2,1-2H3/t23-,24+,26-/m0/s1. The molecule has 0 saturated carbocycles. The van der Waals surface area contributed by atoms with Crippen LogP contribution in [0.15, 0.2) is 91.0 Å². The lowest BCUT2D eigenvalue weighted by Gasteiger charge is -2.31. The van der Waals surface area contributed by atoms with Crippen LogP contribution in [0.25, 0.3) is 0 Å². The minimum Gasteiger partial charge on any atom is -0.452 e. The first kappa shape index (κ1) is 22.7. The van der Waals surface area contributed by atoms with Gasteiger partial charge in [0.05, 0.1) is 13.2 Å². The second kappa shape index (κ2) is 10.9. The molecular weight excluding hydrogens is 392 g/mol. The van der Waals surface area contributed by atoms with Crippen molar-refractivity contribution in [1.82, 2.24) is 0 Å². The van der Waals surface area contributed by atoms with Crippen molar-refractivity contribution >= 4 is 5.97 Å². The van der Waals surface area contributed by atoms with Crippen LogP contribution in [-0.2, 0) is 24.6 Å². The second-order valence-electron chi connectivity index (χ2n) is 7.37. The number of hydrogen-bond acceptors (Lipinski definition) is 5. The van der Waals surface area contributed by atoms with Gasteiger partial charge < -0.3 is 19.3 Å². The molecule has 0 spiro atoms. The zero-order valence-corrected chi connectivity index (χ0v) is 17.8. The van der Waals surface area contributed by atoms with Gasteiger partial charge in [0, 0.05) is 7.11 Å². The molecule has 3 aromatic rings. The summed E-state index contributed by atoms with van der Waals surface area (Å²) in [6, 6.07) is 27.8. The van der Waals surface area contributed by atoms with E-state index in [1.807, 2.05) is 66.7 Å². The third-order valence-electron chi connectivity index (χ3n) is 5.08. The Balaban J connectivity index is 1.95. The molecule has 0 bridgehead atoms. The molecular formula is C26H28O5. The van der Waals surface area contributed by atoms with E-state index in [1.54, 1.807) is 31.4 Å². The summed E-state index contributed by atoms with van der Waals surface area (Å²) < 4.78 is 17.2. The van der Waals surface area contributed by atoms with E-state index in [-0.39, 0.29) is 0 Å². The molecule has 5 nitrogen and oxygen atoms in total. The van der Waals surface area contributed by atoms with Gasteiger partial charge in [-0.3, -0.25) is 0 Å². The monoisotopic (exact) mass is 420 g/mol. The first-order chi connectivity index (χ1) is 15.0. The van der Waals surface area contributed by atoms with E-state index in [9.17, 15) is 9.90 Å². The maximum absolute atomic E-state index is 13.2. The lowest BCUT2D eigenvalue weighted by Crippen LogP contribution is -2.36. The summed E-state index contributed by atoms with van der Waals surface area (Å²) in [5, 5.41) is 11.0. The van der Waals surface area contributed by atoms with Gasteiger partial charge in [0.1, 0.15) is 6.10 Å². The molecule has 0 aliphatic rings. The number of carbonyl (C=O) groups is 1. The van der Waals surface area contributed by atoms with Crippen LogP contribution in [0.4, 0.5) is 0 Å². The SMILES string of the molecule is COCCO[C@@H](c1ccccc1)[C@H](OC(=O)[C@@](C)(O)c1ccccc1)c1ccccc1. The van der Waals surface area contributed by atoms with Crippen LogP contribution in [0.1, 0.15) is 35.8 Å². The molecule has 0 amide bonds. The Bertz CT molecular complexity index is 926. The minimum atomic E-state index is -1.80. The normalized spacial score (nSPS) is 14.9. The first-order valence-corrected chi connectivity index (χ1v) is 10.2. The van der Waals surface area contributed by atoms with Crippen molar-refractivity contribution in [2.24, 2.45) is 0 Å². The summed E-state index contributed by atoms with van der Waals surface area (Å²) in [4.78, 5) is 13.2. The van der Waals surface area contributed by atoms with Gasteiger partial charge in [-0.25, -0.2) is 4.79 Å². The Hall–Kier alpha value is -2.99. The van der Waals surface area contributed by atoms with Crippen molar-refractivity contribution < 1.29 is 24.1 Å². The number of esters is 1. The Labute approximate surface area is 183 Å². The molecule has 0 unspecified atom stereocenters. The zero-order valence-electron chi connectivity index (χ0n) is 17.8. The summed E-state index contributed by atoms with van der Waals surface area (Å²) in [6.07, 6.45) is -1.34. The van der Waals surface area contributed by atoms with Crippen LogP contribution < -0.4 is 0 Å². The Morgan fingerprint density at radius 3 is 1.81 bits per heavy atom. The van der Waals surface area contributed by atoms with E-state index in [4.69, 9.17) is 14.2 Å². The number of benzene rings is 3. The molecule has 3 aromatic carbocycles. The summed E-state index contributed by atoms with van der Waals surface area (Å²) in [5.74, 6) is -0.746. The molecule has 31 heavy (non-hydrogen) atoms. The van der Waals surface area contributed by atoms with Crippen LogP contribution in [0.3, 0.4) is 0 Å². The van der Waals surface area contributed by atoms with E-state index in [1.165, 1.54) is 6.92 Å². The van der Waals surface area contributed by atoms with Gasteiger partial charge in [-0.15, -0.1) is 0 Å². The number of rotatable bonds is 10. The van der Waals surface area contributed by atoms with Gasteiger partial charge in [-0.2, -0.15) is 0 Å². The van der Waals surface area contributed by atoms with Crippen LogP contribution in [0.5, 0.6) is 0 Å². The lowest BCUT2D eigenvalue weighted by atomic mass is 9.95. The molecule has 0 aromatic heterocycles. The molecule has 0 aliphatic heterocycles. The number of ether oxygens (including phenoxy) is 3. The first-order valence-electron chi connectivity index (χ1n) is 10.2. The lowest BCUT2D eigenvalue weighted by molar-refractivity contribution is -0.180. The van der Waals surface area contributed by atoms with Crippen molar-refractivity contribution in [2.45, 2.75) is 24.7 Å². The zero-order chi connectivity index (χ0) is 22.1. The smallest absolute Gasteiger partial charge is 0.343 e. The van der Waals surface area contributed by atoms with Gasteiger partial charge in [-0.05, 0) is 23.6 Å². The number of carbonyl (C=O) groups excluding carboxylic acids is 1. The fourth-order valence-electron chi connectivity index (χ4n) is 3.32. The van der Waals surface area contributed by atoms with Crippen molar-refractivity contribution in [3.63, 3.8) is 0 Å². The molecule has 5 heteroatoms. The van der Waals surface area contributed by atoms with E-state index < -0.39 is 23.8 Å². The van der Waals surface area contributed by atoms with Crippen molar-refractivity contribution in [1.29, 1.82) is 0 Å². The van der Waals surface area contributed by atoms with Gasteiger partial charge in [0.15, 0.2) is 11.7 Å². The van der Waals surface area contributed by atoms with Gasteiger partial charge in [-0.1, -0.05) is 91.0 Å². The fourth-order valence-corrected chi connectivity index (χ4v) is 3.32. The maximum Gasteiger partial charge on any atom is 0.343 e. The van der Waals surface area contributed by atoms with E-state index in [0.717, 1.165) is 11.1 Å². The molecule has 0 aliphatic carbocycles. The minimum absolute atomic E-state index is 0.325. The fraction of sp³-hybridized carbons (Fsp3) is 0.269. The number of methoxy groups -OCH3 is 1. The molecule has 1 N–H and O–H groups in total. The molecule has 0 heterocycles. The third kappa shape index (κ3) is 5.79. The Morgan fingerprint density at radius 2 is 1.29 bits per heavy atom. The highest BCUT2D eigenvalue weighted by molar-refractivity contribution is 5.80. The highest BCUT2D eigenvalue weighted by Gasteiger charge is 2.38. The van der Waals surface area contributed by atoms with Crippen LogP contribution >= 0.6 is 0 Å². The number of aliphatic hydroxyl groups is 1. The highest BCUT2D eigenvalue weighted by atomic mass is 16.6. The molecule has 3 rings (SSSR count). The number of hydrogen-bond donors (Lipinski definition) is 1. The van der Waals surface area contributed by atoms with Gasteiger partial charge in [0.25, 0.3) is 0 Å². The summed E-state index contributed by atoms with van der Waals surface area (Å²) in [7, 11) is 1.60. The van der Waals surface area contributed by atoms with E-state index in [0.29, 0.717) is 18.8 Å². The molecule has 0 fully saturated rings. The maximum atomic E-state index is 13.2. The molecule has 3 atom stereocenters. The predicted octanol–water partition coefficient (Wildman–Crippen LogP) is 4.58. The quantitative estimate of drug-likeness (QED) is 0.384. The second-order valence-corrected chi connectivity index (χ2v) is 7.37. The van der Waals surface area contributed by atoms with Crippen molar-refractivity contribution in [3.8, 4) is 0 Å². The van der Waals surface area contributed by atoms with Gasteiger partial charge >= 0.3 is 5.97 Å². The topological polar surface area (TPSA) is 65.0 Å². The van der Waals surface area contributed by atoms with Crippen LogP contribution in [-0.4, -0.2) is 31.4 Å². The summed E-state index contributed by atoms with van der Waals surface area (Å²) in [5.41, 5.74) is 0.288. The summed E-state index contributed by atoms with van der Waals surface area (Å²) >= 11 is 0. The Morgan fingerprint density at radius 1 is 0.806 bits per heavy atom. The van der Waals surface area contributed by atoms with Crippen molar-refractivity contribution in [3.05, 3.63) is 108 Å². The third-order valence-corrected chi connectivity index (χ3v) is 5.08. The molecule has 0 radical (unpaired) electrons.